The van der Waals surface area contributed by atoms with Gasteiger partial charge in [-0.15, -0.1) is 0 Å². The van der Waals surface area contributed by atoms with Crippen molar-refractivity contribution in [1.82, 2.24) is 15.1 Å². The first-order valence-corrected chi connectivity index (χ1v) is 8.25. The molecule has 1 heterocycles. The number of hydrogen-bond acceptors (Lipinski definition) is 4. The van der Waals surface area contributed by atoms with Gasteiger partial charge in [0, 0.05) is 32.2 Å². The summed E-state index contributed by atoms with van der Waals surface area (Å²) in [6, 6.07) is 0.247. The van der Waals surface area contributed by atoms with Gasteiger partial charge in [0.05, 0.1) is 6.61 Å². The van der Waals surface area contributed by atoms with E-state index in [-0.39, 0.29) is 12.6 Å². The molecule has 0 bridgehead atoms. The van der Waals surface area contributed by atoms with Gasteiger partial charge in [-0.2, -0.15) is 0 Å². The van der Waals surface area contributed by atoms with Crippen molar-refractivity contribution in [1.29, 1.82) is 0 Å². The number of ether oxygens (including phenoxy) is 1. The second-order valence-electron chi connectivity index (χ2n) is 6.76. The molecular formula is C16H31N3O3. The zero-order chi connectivity index (χ0) is 16.7. The summed E-state index contributed by atoms with van der Waals surface area (Å²) in [4.78, 5) is 27.4. The molecular weight excluding hydrogens is 282 g/mol. The highest BCUT2D eigenvalue weighted by Crippen LogP contribution is 2.18. The van der Waals surface area contributed by atoms with Crippen molar-refractivity contribution in [3.63, 3.8) is 0 Å². The van der Waals surface area contributed by atoms with Crippen LogP contribution >= 0.6 is 0 Å². The molecule has 1 rings (SSSR count). The van der Waals surface area contributed by atoms with E-state index in [2.05, 4.69) is 37.9 Å². The molecule has 128 valence electrons. The summed E-state index contributed by atoms with van der Waals surface area (Å²) in [6.07, 6.45) is 0. The molecule has 0 unspecified atom stereocenters. The van der Waals surface area contributed by atoms with Crippen molar-refractivity contribution in [3.8, 4) is 0 Å². The molecule has 1 fully saturated rings. The molecule has 0 aromatic heterocycles. The van der Waals surface area contributed by atoms with E-state index in [1.807, 2.05) is 0 Å². The Labute approximate surface area is 134 Å². The highest BCUT2D eigenvalue weighted by Gasteiger charge is 2.35. The molecule has 1 N–H and O–H groups in total. The molecule has 1 saturated heterocycles. The third-order valence-electron chi connectivity index (χ3n) is 3.55. The topological polar surface area (TPSA) is 61.9 Å². The number of hydrogen-bond donors (Lipinski definition) is 1. The van der Waals surface area contributed by atoms with Crippen LogP contribution in [0.25, 0.3) is 0 Å². The SMILES string of the molecule is CCOC(=O)CNC(=O)N1CC(N(CC(C)C)CC(C)C)C1. The second kappa shape index (κ2) is 8.98. The van der Waals surface area contributed by atoms with Gasteiger partial charge in [-0.25, -0.2) is 4.79 Å². The average molecular weight is 313 g/mol. The number of likely N-dealkylation sites (tertiary alicyclic amines) is 1. The lowest BCUT2D eigenvalue weighted by molar-refractivity contribution is -0.141. The van der Waals surface area contributed by atoms with E-state index < -0.39 is 5.97 Å². The fourth-order valence-corrected chi connectivity index (χ4v) is 2.63. The summed E-state index contributed by atoms with van der Waals surface area (Å²) < 4.78 is 4.79. The van der Waals surface area contributed by atoms with Crippen molar-refractivity contribution >= 4 is 12.0 Å². The monoisotopic (exact) mass is 313 g/mol. The third-order valence-corrected chi connectivity index (χ3v) is 3.55. The molecule has 0 atom stereocenters. The number of nitrogens with zero attached hydrogens (tertiary/aromatic N) is 2. The summed E-state index contributed by atoms with van der Waals surface area (Å²) in [5.74, 6) is 0.838. The fourth-order valence-electron chi connectivity index (χ4n) is 2.63. The highest BCUT2D eigenvalue weighted by atomic mass is 16.5. The maximum atomic E-state index is 11.9. The van der Waals surface area contributed by atoms with Crippen LogP contribution in [0.5, 0.6) is 0 Å². The van der Waals surface area contributed by atoms with Crippen LogP contribution in [0.1, 0.15) is 34.6 Å². The largest absolute Gasteiger partial charge is 0.465 e. The number of carbonyl (C=O) groups excluding carboxylic acids is 2. The number of amides is 2. The van der Waals surface area contributed by atoms with Crippen LogP contribution in [0.4, 0.5) is 4.79 Å². The molecule has 1 aliphatic rings. The summed E-state index contributed by atoms with van der Waals surface area (Å²) in [6.45, 7) is 14.5. The van der Waals surface area contributed by atoms with Crippen molar-refractivity contribution in [2.45, 2.75) is 40.7 Å². The summed E-state index contributed by atoms with van der Waals surface area (Å²) in [7, 11) is 0. The van der Waals surface area contributed by atoms with Crippen LogP contribution < -0.4 is 5.32 Å². The molecule has 0 saturated carbocycles. The number of esters is 1. The van der Waals surface area contributed by atoms with Crippen LogP contribution in [0, 0.1) is 11.8 Å². The van der Waals surface area contributed by atoms with E-state index in [1.165, 1.54) is 0 Å². The lowest BCUT2D eigenvalue weighted by atomic mass is 10.0. The van der Waals surface area contributed by atoms with E-state index in [9.17, 15) is 9.59 Å². The van der Waals surface area contributed by atoms with Crippen LogP contribution in [0.3, 0.4) is 0 Å². The Bertz CT molecular complexity index is 356. The van der Waals surface area contributed by atoms with Crippen molar-refractivity contribution < 1.29 is 14.3 Å². The summed E-state index contributed by atoms with van der Waals surface area (Å²) in [5, 5.41) is 2.60. The van der Waals surface area contributed by atoms with Gasteiger partial charge in [0.1, 0.15) is 6.54 Å². The Morgan fingerprint density at radius 3 is 2.18 bits per heavy atom. The number of carbonyl (C=O) groups is 2. The first kappa shape index (κ1) is 18.7. The van der Waals surface area contributed by atoms with Crippen molar-refractivity contribution in [3.05, 3.63) is 0 Å². The van der Waals surface area contributed by atoms with E-state index in [0.717, 1.165) is 26.2 Å². The van der Waals surface area contributed by atoms with E-state index in [1.54, 1.807) is 11.8 Å². The molecule has 0 aromatic rings. The summed E-state index contributed by atoms with van der Waals surface area (Å²) in [5.41, 5.74) is 0. The zero-order valence-corrected chi connectivity index (χ0v) is 14.6. The quantitative estimate of drug-likeness (QED) is 0.691. The van der Waals surface area contributed by atoms with Gasteiger partial charge in [-0.1, -0.05) is 27.7 Å². The lowest BCUT2D eigenvalue weighted by Gasteiger charge is -2.46. The summed E-state index contributed by atoms with van der Waals surface area (Å²) >= 11 is 0. The van der Waals surface area contributed by atoms with Crippen LogP contribution in [0.2, 0.25) is 0 Å². The van der Waals surface area contributed by atoms with E-state index in [0.29, 0.717) is 24.5 Å². The van der Waals surface area contributed by atoms with Gasteiger partial charge >= 0.3 is 12.0 Å². The minimum atomic E-state index is -0.394. The van der Waals surface area contributed by atoms with Crippen LogP contribution in [-0.2, 0) is 9.53 Å². The standard InChI is InChI=1S/C16H31N3O3/c1-6-22-15(20)7-17-16(21)19-10-14(11-19)18(8-12(2)3)9-13(4)5/h12-14H,6-11H2,1-5H3,(H,17,21). The maximum Gasteiger partial charge on any atom is 0.325 e. The van der Waals surface area contributed by atoms with Gasteiger partial charge in [-0.05, 0) is 18.8 Å². The molecule has 2 amide bonds. The van der Waals surface area contributed by atoms with Crippen LogP contribution in [0.15, 0.2) is 0 Å². The number of rotatable bonds is 8. The average Bonchev–Trinajstić information content (AvgIpc) is 2.33. The van der Waals surface area contributed by atoms with Crippen molar-refractivity contribution in [2.24, 2.45) is 11.8 Å². The molecule has 0 aliphatic carbocycles. The fraction of sp³-hybridized carbons (Fsp3) is 0.875. The smallest absolute Gasteiger partial charge is 0.325 e. The van der Waals surface area contributed by atoms with Gasteiger partial charge in [0.15, 0.2) is 0 Å². The molecule has 22 heavy (non-hydrogen) atoms. The van der Waals surface area contributed by atoms with Gasteiger partial charge in [0.2, 0.25) is 0 Å². The van der Waals surface area contributed by atoms with E-state index in [4.69, 9.17) is 4.74 Å². The molecule has 1 aliphatic heterocycles. The predicted octanol–water partition coefficient (Wildman–Crippen LogP) is 1.56. The molecule has 0 spiro atoms. The highest BCUT2D eigenvalue weighted by molar-refractivity contribution is 5.81. The second-order valence-corrected chi connectivity index (χ2v) is 6.76. The maximum absolute atomic E-state index is 11.9. The van der Waals surface area contributed by atoms with Crippen LogP contribution in [-0.4, -0.2) is 67.2 Å². The van der Waals surface area contributed by atoms with Crippen molar-refractivity contribution in [2.75, 3.05) is 39.3 Å². The number of urea groups is 1. The molecule has 6 nitrogen and oxygen atoms in total. The zero-order valence-electron chi connectivity index (χ0n) is 14.6. The predicted molar refractivity (Wildman–Crippen MR) is 86.6 cm³/mol. The Kier molecular flexibility index (Phi) is 7.65. The lowest BCUT2D eigenvalue weighted by Crippen LogP contribution is -2.64. The van der Waals surface area contributed by atoms with Gasteiger partial charge in [0.25, 0.3) is 0 Å². The number of nitrogens with one attached hydrogen (secondary N) is 1. The van der Waals surface area contributed by atoms with Gasteiger partial charge < -0.3 is 15.0 Å². The Morgan fingerprint density at radius 1 is 1.18 bits per heavy atom. The normalized spacial score (nSPS) is 15.4. The minimum Gasteiger partial charge on any atom is -0.465 e. The minimum absolute atomic E-state index is 0.0600. The van der Waals surface area contributed by atoms with Gasteiger partial charge in [-0.3, -0.25) is 9.69 Å². The Hall–Kier alpha value is -1.30. The Morgan fingerprint density at radius 2 is 1.73 bits per heavy atom. The molecule has 0 aromatic carbocycles. The first-order valence-electron chi connectivity index (χ1n) is 8.25. The molecule has 0 radical (unpaired) electrons. The third kappa shape index (κ3) is 6.22. The first-order chi connectivity index (χ1) is 10.3. The Balaban J connectivity index is 2.35. The van der Waals surface area contributed by atoms with E-state index >= 15 is 0 Å². The molecule has 6 heteroatoms.